The number of likely N-dealkylation sites (tertiary alicyclic amines) is 1. The highest BCUT2D eigenvalue weighted by Crippen LogP contribution is 2.13. The van der Waals surface area contributed by atoms with Gasteiger partial charge in [0.1, 0.15) is 5.82 Å². The first-order valence-corrected chi connectivity index (χ1v) is 7.33. The van der Waals surface area contributed by atoms with Gasteiger partial charge in [0, 0.05) is 31.4 Å². The number of aryl methyl sites for hydroxylation is 1. The van der Waals surface area contributed by atoms with Crippen molar-refractivity contribution in [1.29, 1.82) is 0 Å². The Morgan fingerprint density at radius 3 is 2.74 bits per heavy atom. The molecule has 5 nitrogen and oxygen atoms in total. The number of aromatic nitrogens is 2. The van der Waals surface area contributed by atoms with Crippen molar-refractivity contribution in [1.82, 2.24) is 14.9 Å². The highest BCUT2D eigenvalue weighted by molar-refractivity contribution is 5.46. The molecule has 1 aliphatic heterocycles. The Balaban J connectivity index is 1.83. The molecule has 0 saturated carbocycles. The normalized spacial score (nSPS) is 15.7. The Morgan fingerprint density at radius 2 is 2.00 bits per heavy atom. The second-order valence-electron chi connectivity index (χ2n) is 5.13. The minimum Gasteiger partial charge on any atom is -0.368 e. The van der Waals surface area contributed by atoms with Gasteiger partial charge in [-0.1, -0.05) is 6.92 Å². The van der Waals surface area contributed by atoms with Crippen molar-refractivity contribution in [2.45, 2.75) is 33.1 Å². The maximum Gasteiger partial charge on any atom is 0.224 e. The maximum absolute atomic E-state index is 4.52. The fraction of sp³-hybridized carbons (Fsp3) is 0.714. The molecule has 1 aromatic heterocycles. The van der Waals surface area contributed by atoms with E-state index >= 15 is 0 Å². The lowest BCUT2D eigenvalue weighted by atomic mass is 10.3. The summed E-state index contributed by atoms with van der Waals surface area (Å²) >= 11 is 0. The van der Waals surface area contributed by atoms with Crippen molar-refractivity contribution in [3.05, 3.63) is 11.8 Å². The van der Waals surface area contributed by atoms with E-state index in [2.05, 4.69) is 32.4 Å². The molecule has 2 rings (SSSR count). The van der Waals surface area contributed by atoms with Gasteiger partial charge in [0.2, 0.25) is 5.95 Å². The summed E-state index contributed by atoms with van der Waals surface area (Å²) in [7, 11) is 0. The summed E-state index contributed by atoms with van der Waals surface area (Å²) in [4.78, 5) is 11.3. The Kier molecular flexibility index (Phi) is 5.39. The van der Waals surface area contributed by atoms with Crippen molar-refractivity contribution < 1.29 is 0 Å². The molecule has 106 valence electrons. The van der Waals surface area contributed by atoms with E-state index in [0.29, 0.717) is 0 Å². The summed E-state index contributed by atoms with van der Waals surface area (Å²) in [6.07, 6.45) is 5.65. The molecular formula is C14H25N5. The van der Waals surface area contributed by atoms with Crippen LogP contribution < -0.4 is 10.6 Å². The highest BCUT2D eigenvalue weighted by Gasteiger charge is 2.10. The van der Waals surface area contributed by atoms with Gasteiger partial charge in [-0.25, -0.2) is 4.98 Å². The first-order chi connectivity index (χ1) is 9.29. The number of anilines is 2. The van der Waals surface area contributed by atoms with Crippen LogP contribution in [0.2, 0.25) is 0 Å². The molecule has 1 fully saturated rings. The van der Waals surface area contributed by atoms with E-state index in [1.807, 2.05) is 13.1 Å². The molecule has 0 amide bonds. The molecule has 1 aromatic rings. The zero-order chi connectivity index (χ0) is 13.5. The molecule has 2 heterocycles. The topological polar surface area (TPSA) is 53.1 Å². The van der Waals surface area contributed by atoms with E-state index in [-0.39, 0.29) is 0 Å². The summed E-state index contributed by atoms with van der Waals surface area (Å²) < 4.78 is 0. The van der Waals surface area contributed by atoms with Gasteiger partial charge in [0.05, 0.1) is 0 Å². The van der Waals surface area contributed by atoms with Crippen LogP contribution >= 0.6 is 0 Å². The second-order valence-corrected chi connectivity index (χ2v) is 5.13. The molecule has 2 N–H and O–H groups in total. The van der Waals surface area contributed by atoms with Gasteiger partial charge < -0.3 is 15.5 Å². The van der Waals surface area contributed by atoms with Crippen LogP contribution in [0.3, 0.4) is 0 Å². The van der Waals surface area contributed by atoms with Gasteiger partial charge >= 0.3 is 0 Å². The van der Waals surface area contributed by atoms with Crippen molar-refractivity contribution in [3.63, 3.8) is 0 Å². The number of nitrogens with one attached hydrogen (secondary N) is 2. The summed E-state index contributed by atoms with van der Waals surface area (Å²) in [5, 5.41) is 6.64. The Bertz CT molecular complexity index is 387. The molecule has 0 radical (unpaired) electrons. The molecule has 19 heavy (non-hydrogen) atoms. The fourth-order valence-electron chi connectivity index (χ4n) is 2.28. The van der Waals surface area contributed by atoms with Crippen LogP contribution in [0.4, 0.5) is 11.8 Å². The van der Waals surface area contributed by atoms with Crippen molar-refractivity contribution in [2.24, 2.45) is 0 Å². The average Bonchev–Trinajstić information content (AvgIpc) is 2.92. The van der Waals surface area contributed by atoms with Gasteiger partial charge in [-0.05, 0) is 39.3 Å². The molecule has 0 bridgehead atoms. The smallest absolute Gasteiger partial charge is 0.224 e. The van der Waals surface area contributed by atoms with Crippen molar-refractivity contribution in [3.8, 4) is 0 Å². The minimum atomic E-state index is 0.719. The van der Waals surface area contributed by atoms with Gasteiger partial charge in [0.25, 0.3) is 0 Å². The molecule has 1 aliphatic rings. The van der Waals surface area contributed by atoms with Gasteiger partial charge in [-0.2, -0.15) is 4.98 Å². The molecular weight excluding hydrogens is 238 g/mol. The van der Waals surface area contributed by atoms with Gasteiger partial charge in [0.15, 0.2) is 0 Å². The average molecular weight is 263 g/mol. The number of nitrogens with zero attached hydrogens (tertiary/aromatic N) is 3. The third kappa shape index (κ3) is 4.35. The molecule has 5 heteroatoms. The lowest BCUT2D eigenvalue weighted by Crippen LogP contribution is -2.26. The van der Waals surface area contributed by atoms with Crippen LogP contribution in [0.1, 0.15) is 31.7 Å². The summed E-state index contributed by atoms with van der Waals surface area (Å²) in [5.74, 6) is 1.67. The van der Waals surface area contributed by atoms with Crippen LogP contribution in [0.25, 0.3) is 0 Å². The van der Waals surface area contributed by atoms with E-state index in [1.54, 1.807) is 0 Å². The Morgan fingerprint density at radius 1 is 1.21 bits per heavy atom. The minimum absolute atomic E-state index is 0.719. The van der Waals surface area contributed by atoms with E-state index in [1.165, 1.54) is 25.9 Å². The first-order valence-electron chi connectivity index (χ1n) is 7.33. The van der Waals surface area contributed by atoms with Crippen LogP contribution in [0, 0.1) is 6.92 Å². The van der Waals surface area contributed by atoms with Crippen molar-refractivity contribution >= 4 is 11.8 Å². The maximum atomic E-state index is 4.52. The number of rotatable bonds is 7. The van der Waals surface area contributed by atoms with Crippen LogP contribution in [-0.2, 0) is 0 Å². The van der Waals surface area contributed by atoms with Gasteiger partial charge in [-0.15, -0.1) is 0 Å². The largest absolute Gasteiger partial charge is 0.368 e. The summed E-state index contributed by atoms with van der Waals surface area (Å²) in [6.45, 7) is 9.63. The Hall–Kier alpha value is -1.36. The van der Waals surface area contributed by atoms with Crippen LogP contribution in [-0.4, -0.2) is 47.6 Å². The second kappa shape index (κ2) is 7.28. The number of hydrogen-bond donors (Lipinski definition) is 2. The zero-order valence-corrected chi connectivity index (χ0v) is 12.1. The van der Waals surface area contributed by atoms with E-state index in [4.69, 9.17) is 0 Å². The van der Waals surface area contributed by atoms with Gasteiger partial charge in [-0.3, -0.25) is 0 Å². The van der Waals surface area contributed by atoms with Crippen LogP contribution in [0.15, 0.2) is 6.20 Å². The predicted octanol–water partition coefficient (Wildman–Crippen LogP) is 2.11. The molecule has 0 atom stereocenters. The highest BCUT2D eigenvalue weighted by atomic mass is 15.2. The summed E-state index contributed by atoms with van der Waals surface area (Å²) in [6, 6.07) is 0. The fourth-order valence-corrected chi connectivity index (χ4v) is 2.28. The van der Waals surface area contributed by atoms with E-state index < -0.39 is 0 Å². The number of hydrogen-bond acceptors (Lipinski definition) is 5. The standard InChI is InChI=1S/C14H25N5/c1-3-6-16-14-17-11-12(2)13(18-14)15-7-10-19-8-4-5-9-19/h11H,3-10H2,1-2H3,(H2,15,16,17,18). The zero-order valence-electron chi connectivity index (χ0n) is 12.1. The summed E-state index contributed by atoms with van der Waals surface area (Å²) in [5.41, 5.74) is 1.10. The lowest BCUT2D eigenvalue weighted by molar-refractivity contribution is 0.352. The monoisotopic (exact) mass is 263 g/mol. The van der Waals surface area contributed by atoms with E-state index in [9.17, 15) is 0 Å². The molecule has 0 spiro atoms. The quantitative estimate of drug-likeness (QED) is 0.789. The molecule has 1 saturated heterocycles. The van der Waals surface area contributed by atoms with Crippen molar-refractivity contribution in [2.75, 3.05) is 43.4 Å². The third-order valence-corrected chi connectivity index (χ3v) is 3.42. The lowest BCUT2D eigenvalue weighted by Gasteiger charge is -2.16. The molecule has 0 aromatic carbocycles. The first kappa shape index (κ1) is 14.1. The predicted molar refractivity (Wildman–Crippen MR) is 79.7 cm³/mol. The third-order valence-electron chi connectivity index (χ3n) is 3.42. The molecule has 0 aliphatic carbocycles. The Labute approximate surface area is 115 Å². The SMILES string of the molecule is CCCNc1ncc(C)c(NCCN2CCCC2)n1. The van der Waals surface area contributed by atoms with E-state index in [0.717, 1.165) is 43.4 Å². The molecule has 0 unspecified atom stereocenters. The van der Waals surface area contributed by atoms with Crippen LogP contribution in [0.5, 0.6) is 0 Å².